The molecule has 3 aromatic rings. The van der Waals surface area contributed by atoms with Crippen LogP contribution in [-0.2, 0) is 11.3 Å². The minimum atomic E-state index is -0.794. The van der Waals surface area contributed by atoms with Gasteiger partial charge in [0.2, 0.25) is 0 Å². The van der Waals surface area contributed by atoms with Gasteiger partial charge in [-0.2, -0.15) is 0 Å². The SMILES string of the molecule is O=C(O)CC[n+]1ccc(-c2ncnc3ccsc23)cc1. The van der Waals surface area contributed by atoms with Crippen molar-refractivity contribution in [2.24, 2.45) is 0 Å². The zero-order chi connectivity index (χ0) is 13.9. The normalized spacial score (nSPS) is 10.8. The van der Waals surface area contributed by atoms with E-state index in [-0.39, 0.29) is 6.42 Å². The predicted octanol–water partition coefficient (Wildman–Crippen LogP) is 2.12. The molecule has 6 heteroatoms. The van der Waals surface area contributed by atoms with Crippen molar-refractivity contribution < 1.29 is 14.5 Å². The summed E-state index contributed by atoms with van der Waals surface area (Å²) in [5.41, 5.74) is 2.87. The van der Waals surface area contributed by atoms with Gasteiger partial charge in [0.25, 0.3) is 0 Å². The zero-order valence-electron chi connectivity index (χ0n) is 10.6. The van der Waals surface area contributed by atoms with Crippen LogP contribution in [0.1, 0.15) is 6.42 Å². The Hall–Kier alpha value is -2.34. The molecule has 0 atom stereocenters. The molecule has 0 aromatic carbocycles. The fraction of sp³-hybridized carbons (Fsp3) is 0.143. The predicted molar refractivity (Wildman–Crippen MR) is 75.3 cm³/mol. The zero-order valence-corrected chi connectivity index (χ0v) is 11.4. The molecule has 0 bridgehead atoms. The maximum Gasteiger partial charge on any atom is 0.309 e. The van der Waals surface area contributed by atoms with Crippen molar-refractivity contribution in [2.75, 3.05) is 0 Å². The Labute approximate surface area is 119 Å². The van der Waals surface area contributed by atoms with Crippen LogP contribution in [0.2, 0.25) is 0 Å². The van der Waals surface area contributed by atoms with Gasteiger partial charge in [0.05, 0.1) is 15.9 Å². The fourth-order valence-electron chi connectivity index (χ4n) is 1.98. The molecule has 0 saturated carbocycles. The topological polar surface area (TPSA) is 67.0 Å². The van der Waals surface area contributed by atoms with Gasteiger partial charge in [-0.05, 0) is 11.4 Å². The summed E-state index contributed by atoms with van der Waals surface area (Å²) in [5.74, 6) is -0.794. The first-order chi connectivity index (χ1) is 9.74. The second-order valence-corrected chi connectivity index (χ2v) is 5.24. The van der Waals surface area contributed by atoms with E-state index in [0.29, 0.717) is 6.54 Å². The molecule has 0 unspecified atom stereocenters. The van der Waals surface area contributed by atoms with Gasteiger partial charge in [-0.25, -0.2) is 14.5 Å². The van der Waals surface area contributed by atoms with E-state index < -0.39 is 5.97 Å². The van der Waals surface area contributed by atoms with E-state index in [9.17, 15) is 4.79 Å². The number of rotatable bonds is 4. The summed E-state index contributed by atoms with van der Waals surface area (Å²) in [6.45, 7) is 0.466. The number of hydrogen-bond acceptors (Lipinski definition) is 4. The highest BCUT2D eigenvalue weighted by atomic mass is 32.1. The second kappa shape index (κ2) is 5.34. The molecule has 0 radical (unpaired) electrons. The molecular weight excluding hydrogens is 274 g/mol. The summed E-state index contributed by atoms with van der Waals surface area (Å²) < 4.78 is 2.92. The van der Waals surface area contributed by atoms with Gasteiger partial charge in [-0.15, -0.1) is 11.3 Å². The van der Waals surface area contributed by atoms with E-state index in [0.717, 1.165) is 21.5 Å². The van der Waals surface area contributed by atoms with Crippen LogP contribution in [0, 0.1) is 0 Å². The highest BCUT2D eigenvalue weighted by Crippen LogP contribution is 2.28. The molecule has 1 N–H and O–H groups in total. The van der Waals surface area contributed by atoms with Crippen molar-refractivity contribution in [3.63, 3.8) is 0 Å². The van der Waals surface area contributed by atoms with Crippen LogP contribution >= 0.6 is 11.3 Å². The minimum Gasteiger partial charge on any atom is -0.481 e. The third-order valence-electron chi connectivity index (χ3n) is 2.99. The van der Waals surface area contributed by atoms with Crippen molar-refractivity contribution in [3.8, 4) is 11.3 Å². The molecular formula is C14H12N3O2S+. The van der Waals surface area contributed by atoms with Crippen molar-refractivity contribution in [1.29, 1.82) is 0 Å². The highest BCUT2D eigenvalue weighted by molar-refractivity contribution is 7.17. The van der Waals surface area contributed by atoms with Crippen molar-refractivity contribution >= 4 is 27.5 Å². The molecule has 3 aromatic heterocycles. The maximum absolute atomic E-state index is 10.5. The number of carboxylic acids is 1. The number of thiophene rings is 1. The van der Waals surface area contributed by atoms with Crippen LogP contribution in [0.4, 0.5) is 0 Å². The Kier molecular flexibility index (Phi) is 3.39. The van der Waals surface area contributed by atoms with E-state index in [4.69, 9.17) is 5.11 Å². The molecule has 0 fully saturated rings. The van der Waals surface area contributed by atoms with E-state index >= 15 is 0 Å². The number of carbonyl (C=O) groups is 1. The number of carboxylic acid groups (broad SMARTS) is 1. The summed E-state index contributed by atoms with van der Waals surface area (Å²) in [7, 11) is 0. The first kappa shape index (κ1) is 12.7. The number of aliphatic carboxylic acids is 1. The summed E-state index contributed by atoms with van der Waals surface area (Å²) in [6.07, 6.45) is 5.43. The number of hydrogen-bond donors (Lipinski definition) is 1. The third-order valence-corrected chi connectivity index (χ3v) is 3.90. The number of aryl methyl sites for hydroxylation is 1. The molecule has 20 heavy (non-hydrogen) atoms. The van der Waals surface area contributed by atoms with Gasteiger partial charge in [0.15, 0.2) is 18.9 Å². The lowest BCUT2D eigenvalue weighted by atomic mass is 10.2. The highest BCUT2D eigenvalue weighted by Gasteiger charge is 2.10. The van der Waals surface area contributed by atoms with E-state index in [2.05, 4.69) is 9.97 Å². The average molecular weight is 286 g/mol. The van der Waals surface area contributed by atoms with Crippen LogP contribution < -0.4 is 4.57 Å². The lowest BCUT2D eigenvalue weighted by Gasteiger charge is -2.01. The van der Waals surface area contributed by atoms with E-state index in [1.807, 2.05) is 40.5 Å². The third kappa shape index (κ3) is 2.50. The Bertz CT molecular complexity index is 752. The number of aromatic nitrogens is 3. The monoisotopic (exact) mass is 286 g/mol. The van der Waals surface area contributed by atoms with E-state index in [1.54, 1.807) is 17.7 Å². The van der Waals surface area contributed by atoms with Gasteiger partial charge in [0.1, 0.15) is 12.7 Å². The van der Waals surface area contributed by atoms with Crippen LogP contribution in [0.3, 0.4) is 0 Å². The van der Waals surface area contributed by atoms with Crippen LogP contribution in [0.15, 0.2) is 42.3 Å². The van der Waals surface area contributed by atoms with E-state index in [1.165, 1.54) is 0 Å². The first-order valence-electron chi connectivity index (χ1n) is 6.13. The molecule has 100 valence electrons. The maximum atomic E-state index is 10.5. The quantitative estimate of drug-likeness (QED) is 0.746. The molecule has 3 rings (SSSR count). The van der Waals surface area contributed by atoms with Gasteiger partial charge in [-0.1, -0.05) is 0 Å². The Morgan fingerprint density at radius 3 is 2.80 bits per heavy atom. The van der Waals surface area contributed by atoms with Gasteiger partial charge in [-0.3, -0.25) is 4.79 Å². The molecule has 3 heterocycles. The van der Waals surface area contributed by atoms with Crippen LogP contribution in [-0.4, -0.2) is 21.0 Å². The number of pyridine rings is 1. The standard InChI is InChI=1S/C14H11N3O2S/c18-12(19)3-7-17-5-1-10(2-6-17)13-14-11(4-8-20-14)15-9-16-13/h1-2,4-6,8-9H,3,7H2/p+1. The molecule has 0 aliphatic rings. The van der Waals surface area contributed by atoms with Crippen molar-refractivity contribution in [2.45, 2.75) is 13.0 Å². The summed E-state index contributed by atoms with van der Waals surface area (Å²) >= 11 is 1.62. The minimum absolute atomic E-state index is 0.118. The lowest BCUT2D eigenvalue weighted by molar-refractivity contribution is -0.695. The molecule has 0 aliphatic heterocycles. The first-order valence-corrected chi connectivity index (χ1v) is 7.01. The van der Waals surface area contributed by atoms with Gasteiger partial charge < -0.3 is 5.11 Å². The molecule has 0 spiro atoms. The van der Waals surface area contributed by atoms with Crippen molar-refractivity contribution in [3.05, 3.63) is 42.3 Å². The Morgan fingerprint density at radius 1 is 1.25 bits per heavy atom. The van der Waals surface area contributed by atoms with Crippen LogP contribution in [0.25, 0.3) is 21.5 Å². The summed E-state index contributed by atoms with van der Waals surface area (Å²) in [4.78, 5) is 19.1. The number of fused-ring (bicyclic) bond motifs is 1. The van der Waals surface area contributed by atoms with Crippen LogP contribution in [0.5, 0.6) is 0 Å². The molecule has 0 amide bonds. The lowest BCUT2D eigenvalue weighted by Crippen LogP contribution is -2.33. The van der Waals surface area contributed by atoms with Gasteiger partial charge in [0, 0.05) is 17.7 Å². The number of nitrogens with zero attached hydrogens (tertiary/aromatic N) is 3. The second-order valence-electron chi connectivity index (χ2n) is 4.33. The summed E-state index contributed by atoms with van der Waals surface area (Å²) in [6, 6.07) is 5.87. The molecule has 0 saturated heterocycles. The largest absolute Gasteiger partial charge is 0.481 e. The molecule has 5 nitrogen and oxygen atoms in total. The Balaban J connectivity index is 1.91. The smallest absolute Gasteiger partial charge is 0.309 e. The Morgan fingerprint density at radius 2 is 2.05 bits per heavy atom. The summed E-state index contributed by atoms with van der Waals surface area (Å²) in [5, 5.41) is 10.7. The average Bonchev–Trinajstić information content (AvgIpc) is 2.94. The van der Waals surface area contributed by atoms with Crippen molar-refractivity contribution in [1.82, 2.24) is 9.97 Å². The molecule has 0 aliphatic carbocycles. The fourth-order valence-corrected chi connectivity index (χ4v) is 2.84. The van der Waals surface area contributed by atoms with Gasteiger partial charge >= 0.3 is 5.97 Å².